The molecule has 0 aliphatic carbocycles. The number of nitrogens with zero attached hydrogens (tertiary/aromatic N) is 4. The standard InChI is InChI=1S/C28H25ClF5N5O2/c1-14-19(30)5-6-22(20-11-16(7-9-35-20)26-21(37-27(14)41)13-36-38(26)2)39-10-8-15(12-23(39)40)24-17(28(32,33)34)3-4-18(29)25(24)31/h3-4,7,9,11-14,19,22H,5-6,8,10H2,1-2H3,(H,37,41). The van der Waals surface area contributed by atoms with Gasteiger partial charge >= 0.3 is 6.18 Å². The largest absolute Gasteiger partial charge is 0.417 e. The summed E-state index contributed by atoms with van der Waals surface area (Å²) in [6.45, 7) is 1.39. The summed E-state index contributed by atoms with van der Waals surface area (Å²) in [5.41, 5.74) is -0.130. The van der Waals surface area contributed by atoms with E-state index in [0.717, 1.165) is 12.1 Å². The summed E-state index contributed by atoms with van der Waals surface area (Å²) in [4.78, 5) is 32.1. The second kappa shape index (κ2) is 10.9. The van der Waals surface area contributed by atoms with E-state index in [1.807, 2.05) is 0 Å². The predicted octanol–water partition coefficient (Wildman–Crippen LogP) is 6.36. The fourth-order valence-electron chi connectivity index (χ4n) is 5.35. The number of nitrogens with one attached hydrogen (secondary N) is 1. The van der Waals surface area contributed by atoms with Gasteiger partial charge in [0.1, 0.15) is 12.0 Å². The minimum Gasteiger partial charge on any atom is -0.330 e. The molecular formula is C28H25ClF5N5O2. The lowest BCUT2D eigenvalue weighted by molar-refractivity contribution is -0.138. The van der Waals surface area contributed by atoms with Crippen LogP contribution in [0, 0.1) is 11.7 Å². The molecule has 3 atom stereocenters. The first-order chi connectivity index (χ1) is 19.4. The van der Waals surface area contributed by atoms with Gasteiger partial charge in [-0.25, -0.2) is 8.78 Å². The molecule has 5 rings (SSSR count). The maximum Gasteiger partial charge on any atom is 0.417 e. The minimum absolute atomic E-state index is 0.0750. The van der Waals surface area contributed by atoms with Gasteiger partial charge in [0.05, 0.1) is 45.8 Å². The Labute approximate surface area is 237 Å². The van der Waals surface area contributed by atoms with Crippen molar-refractivity contribution in [1.82, 2.24) is 19.7 Å². The van der Waals surface area contributed by atoms with Gasteiger partial charge in [0.2, 0.25) is 11.8 Å². The third kappa shape index (κ3) is 5.44. The number of amides is 2. The molecule has 3 aromatic rings. The summed E-state index contributed by atoms with van der Waals surface area (Å²) in [5, 5.41) is 6.46. The average molecular weight is 594 g/mol. The summed E-state index contributed by atoms with van der Waals surface area (Å²) in [7, 11) is 1.68. The second-order valence-electron chi connectivity index (χ2n) is 10.1. The van der Waals surface area contributed by atoms with Crippen molar-refractivity contribution in [3.63, 3.8) is 0 Å². The van der Waals surface area contributed by atoms with Crippen LogP contribution in [0.4, 0.5) is 27.6 Å². The molecule has 2 aliphatic rings. The van der Waals surface area contributed by atoms with Crippen molar-refractivity contribution in [2.24, 2.45) is 13.0 Å². The Balaban J connectivity index is 1.56. The zero-order valence-corrected chi connectivity index (χ0v) is 22.7. The van der Waals surface area contributed by atoms with E-state index in [0.29, 0.717) is 28.7 Å². The number of carbonyl (C=O) groups is 2. The molecule has 4 heterocycles. The number of hydrogen-bond donors (Lipinski definition) is 1. The molecule has 216 valence electrons. The summed E-state index contributed by atoms with van der Waals surface area (Å²) >= 11 is 5.80. The number of aryl methyl sites for hydroxylation is 1. The lowest BCUT2D eigenvalue weighted by Crippen LogP contribution is -2.38. The minimum atomic E-state index is -4.87. The topological polar surface area (TPSA) is 80.1 Å². The first kappa shape index (κ1) is 28.7. The van der Waals surface area contributed by atoms with Gasteiger partial charge in [-0.15, -0.1) is 0 Å². The predicted molar refractivity (Wildman–Crippen MR) is 142 cm³/mol. The van der Waals surface area contributed by atoms with Gasteiger partial charge < -0.3 is 10.2 Å². The highest BCUT2D eigenvalue weighted by molar-refractivity contribution is 6.31. The number of halogens is 6. The van der Waals surface area contributed by atoms with Crippen LogP contribution in [0.5, 0.6) is 0 Å². The highest BCUT2D eigenvalue weighted by atomic mass is 35.5. The lowest BCUT2D eigenvalue weighted by Gasteiger charge is -2.35. The SMILES string of the molecule is CC1C(=O)Nc2cnn(C)c2-c2ccnc(c2)C(N2CCC(c3c(C(F)(F)F)ccc(Cl)c3F)=CC2=O)CCC1F. The molecule has 1 aromatic carbocycles. The average Bonchev–Trinajstić information content (AvgIpc) is 3.28. The van der Waals surface area contributed by atoms with Crippen molar-refractivity contribution < 1.29 is 31.5 Å². The van der Waals surface area contributed by atoms with Gasteiger partial charge in [-0.1, -0.05) is 18.5 Å². The molecule has 0 fully saturated rings. The van der Waals surface area contributed by atoms with Crippen molar-refractivity contribution in [3.8, 4) is 11.3 Å². The number of pyridine rings is 1. The normalized spacial score (nSPS) is 21.9. The van der Waals surface area contributed by atoms with Crippen LogP contribution < -0.4 is 5.32 Å². The lowest BCUT2D eigenvalue weighted by atomic mass is 9.91. The molecule has 2 bridgehead atoms. The molecule has 2 amide bonds. The number of anilines is 1. The summed E-state index contributed by atoms with van der Waals surface area (Å²) < 4.78 is 72.8. The number of alkyl halides is 4. The fourth-order valence-corrected chi connectivity index (χ4v) is 5.51. The number of fused-ring (bicyclic) bond motifs is 4. The van der Waals surface area contributed by atoms with Crippen molar-refractivity contribution in [2.75, 3.05) is 11.9 Å². The molecule has 3 unspecified atom stereocenters. The van der Waals surface area contributed by atoms with Crippen LogP contribution in [-0.2, 0) is 22.8 Å². The zero-order chi connectivity index (χ0) is 29.6. The molecule has 0 saturated carbocycles. The number of benzene rings is 1. The summed E-state index contributed by atoms with van der Waals surface area (Å²) in [5.74, 6) is -3.47. The van der Waals surface area contributed by atoms with Crippen LogP contribution in [0.3, 0.4) is 0 Å². The van der Waals surface area contributed by atoms with Gasteiger partial charge in [-0.05, 0) is 49.1 Å². The Bertz CT molecular complexity index is 1550. The Morgan fingerprint density at radius 1 is 1.15 bits per heavy atom. The molecule has 1 N–H and O–H groups in total. The molecule has 0 radical (unpaired) electrons. The van der Waals surface area contributed by atoms with Crippen LogP contribution in [0.1, 0.15) is 49.0 Å². The van der Waals surface area contributed by atoms with Crippen LogP contribution in [0.25, 0.3) is 16.8 Å². The first-order valence-electron chi connectivity index (χ1n) is 12.9. The van der Waals surface area contributed by atoms with E-state index >= 15 is 4.39 Å². The van der Waals surface area contributed by atoms with E-state index < -0.39 is 58.1 Å². The molecule has 2 aromatic heterocycles. The third-order valence-electron chi connectivity index (χ3n) is 7.56. The van der Waals surface area contributed by atoms with E-state index in [2.05, 4.69) is 15.4 Å². The van der Waals surface area contributed by atoms with Crippen LogP contribution >= 0.6 is 11.6 Å². The number of hydrogen-bond acceptors (Lipinski definition) is 4. The van der Waals surface area contributed by atoms with E-state index in [1.54, 1.807) is 23.9 Å². The van der Waals surface area contributed by atoms with Gasteiger partial charge in [0.15, 0.2) is 0 Å². The molecule has 2 aliphatic heterocycles. The summed E-state index contributed by atoms with van der Waals surface area (Å²) in [6.07, 6.45) is -2.59. The van der Waals surface area contributed by atoms with Crippen LogP contribution in [0.2, 0.25) is 5.02 Å². The second-order valence-corrected chi connectivity index (χ2v) is 10.5. The van der Waals surface area contributed by atoms with Crippen molar-refractivity contribution in [2.45, 2.75) is 44.6 Å². The van der Waals surface area contributed by atoms with Crippen LogP contribution in [0.15, 0.2) is 42.7 Å². The van der Waals surface area contributed by atoms with Gasteiger partial charge in [0, 0.05) is 37.0 Å². The molecule has 41 heavy (non-hydrogen) atoms. The molecule has 0 spiro atoms. The zero-order valence-electron chi connectivity index (χ0n) is 22.0. The van der Waals surface area contributed by atoms with Crippen molar-refractivity contribution in [1.29, 1.82) is 0 Å². The quantitative estimate of drug-likeness (QED) is 0.351. The molecule has 13 heteroatoms. The van der Waals surface area contributed by atoms with Gasteiger partial charge in [-0.3, -0.25) is 19.3 Å². The Kier molecular flexibility index (Phi) is 7.62. The maximum atomic E-state index is 15.3. The molecule has 0 saturated heterocycles. The monoisotopic (exact) mass is 593 g/mol. The number of aromatic nitrogens is 3. The van der Waals surface area contributed by atoms with Gasteiger partial charge in [0.25, 0.3) is 0 Å². The Hall–Kier alpha value is -3.80. The van der Waals surface area contributed by atoms with E-state index in [-0.39, 0.29) is 31.4 Å². The van der Waals surface area contributed by atoms with Crippen molar-refractivity contribution in [3.05, 3.63) is 70.4 Å². The maximum absolute atomic E-state index is 15.3. The van der Waals surface area contributed by atoms with E-state index in [4.69, 9.17) is 11.6 Å². The first-order valence-corrected chi connectivity index (χ1v) is 13.2. The number of rotatable bonds is 2. The van der Waals surface area contributed by atoms with Crippen molar-refractivity contribution >= 4 is 34.7 Å². The smallest absolute Gasteiger partial charge is 0.330 e. The van der Waals surface area contributed by atoms with Gasteiger partial charge in [-0.2, -0.15) is 18.3 Å². The highest BCUT2D eigenvalue weighted by Gasteiger charge is 2.38. The Morgan fingerprint density at radius 3 is 2.61 bits per heavy atom. The highest BCUT2D eigenvalue weighted by Crippen LogP contribution is 2.42. The van der Waals surface area contributed by atoms with E-state index in [1.165, 1.54) is 24.2 Å². The molecular weight excluding hydrogens is 569 g/mol. The summed E-state index contributed by atoms with van der Waals surface area (Å²) in [6, 6.07) is 4.16. The molecule has 7 nitrogen and oxygen atoms in total. The fraction of sp³-hybridized carbons (Fsp3) is 0.357. The van der Waals surface area contributed by atoms with E-state index in [9.17, 15) is 27.2 Å². The number of carbonyl (C=O) groups excluding carboxylic acids is 2. The van der Waals surface area contributed by atoms with Crippen LogP contribution in [-0.4, -0.2) is 44.2 Å². The third-order valence-corrected chi connectivity index (χ3v) is 7.86. The Morgan fingerprint density at radius 2 is 1.90 bits per heavy atom.